The zero-order chi connectivity index (χ0) is 6.78. The monoisotopic (exact) mass is 172 g/mol. The van der Waals surface area contributed by atoms with Crippen molar-refractivity contribution in [3.8, 4) is 0 Å². The summed E-state index contributed by atoms with van der Waals surface area (Å²) in [4.78, 5) is 10.2. The van der Waals surface area contributed by atoms with Crippen LogP contribution in [0, 0.1) is 5.41 Å². The maximum atomic E-state index is 10.2. The molecule has 0 aromatic rings. The van der Waals surface area contributed by atoms with Crippen LogP contribution in [-0.2, 0) is 4.79 Å². The summed E-state index contributed by atoms with van der Waals surface area (Å²) in [7, 11) is 0. The van der Waals surface area contributed by atoms with Gasteiger partial charge in [0.15, 0.2) is 0 Å². The fourth-order valence-electron chi connectivity index (χ4n) is 0.0572. The smallest absolute Gasteiger partial charge is 0.310 e. The first-order valence-electron chi connectivity index (χ1n) is 2.30. The van der Waals surface area contributed by atoms with E-state index in [-0.39, 0.29) is 18.3 Å². The normalized spacial score (nSPS) is 10.1. The first-order chi connectivity index (χ1) is 3.50. The average molecular weight is 173 g/mol. The lowest BCUT2D eigenvalue weighted by Gasteiger charge is -2.13. The molecule has 0 aliphatic rings. The van der Waals surface area contributed by atoms with Crippen molar-refractivity contribution in [2.45, 2.75) is 13.8 Å². The number of alkyl halides is 1. The number of aliphatic carboxylic acids is 1. The Morgan fingerprint density at radius 1 is 1.67 bits per heavy atom. The molecular weight excluding hydrogens is 163 g/mol. The van der Waals surface area contributed by atoms with Crippen molar-refractivity contribution in [2.75, 3.05) is 5.88 Å². The van der Waals surface area contributed by atoms with Gasteiger partial charge in [0.2, 0.25) is 0 Å². The molecule has 2 nitrogen and oxygen atoms in total. The Hall–Kier alpha value is 0.0500. The number of hydrogen-bond acceptors (Lipinski definition) is 1. The van der Waals surface area contributed by atoms with Crippen LogP contribution in [0.1, 0.15) is 13.8 Å². The highest BCUT2D eigenvalue weighted by atomic mass is 35.5. The maximum absolute atomic E-state index is 10.2. The zero-order valence-electron chi connectivity index (χ0n) is 5.35. The SMILES string of the molecule is CC(C)(CCl)C(=O)O.Cl. The lowest BCUT2D eigenvalue weighted by Crippen LogP contribution is -2.24. The molecular formula is C5H10Cl2O2. The van der Waals surface area contributed by atoms with E-state index in [1.165, 1.54) is 0 Å². The molecule has 56 valence electrons. The Balaban J connectivity index is 0. The van der Waals surface area contributed by atoms with Gasteiger partial charge in [-0.25, -0.2) is 0 Å². The van der Waals surface area contributed by atoms with E-state index in [4.69, 9.17) is 16.7 Å². The molecule has 4 heteroatoms. The summed E-state index contributed by atoms with van der Waals surface area (Å²) in [5.74, 6) is -0.699. The highest BCUT2D eigenvalue weighted by Gasteiger charge is 2.25. The second-order valence-corrected chi connectivity index (χ2v) is 2.59. The van der Waals surface area contributed by atoms with Crippen LogP contribution in [0.4, 0.5) is 0 Å². The summed E-state index contributed by atoms with van der Waals surface area (Å²) in [5, 5.41) is 8.36. The van der Waals surface area contributed by atoms with E-state index in [1.807, 2.05) is 0 Å². The van der Waals surface area contributed by atoms with Crippen molar-refractivity contribution in [1.29, 1.82) is 0 Å². The van der Waals surface area contributed by atoms with Crippen LogP contribution >= 0.6 is 24.0 Å². The molecule has 0 bridgehead atoms. The van der Waals surface area contributed by atoms with Gasteiger partial charge in [0.05, 0.1) is 5.41 Å². The molecule has 0 unspecified atom stereocenters. The molecule has 0 rings (SSSR count). The standard InChI is InChI=1S/C5H9ClO2.ClH/c1-5(2,3-6)4(7)8;/h3H2,1-2H3,(H,7,8);1H. The predicted octanol–water partition coefficient (Wildman–Crippen LogP) is 1.76. The summed E-state index contributed by atoms with van der Waals surface area (Å²) in [6, 6.07) is 0. The van der Waals surface area contributed by atoms with Gasteiger partial charge in [-0.05, 0) is 13.8 Å². The number of carboxylic acid groups (broad SMARTS) is 1. The van der Waals surface area contributed by atoms with Crippen molar-refractivity contribution in [3.63, 3.8) is 0 Å². The van der Waals surface area contributed by atoms with E-state index in [9.17, 15) is 4.79 Å². The molecule has 0 aromatic carbocycles. The molecule has 0 aliphatic heterocycles. The summed E-state index contributed by atoms with van der Waals surface area (Å²) in [5.41, 5.74) is -0.776. The van der Waals surface area contributed by atoms with Gasteiger partial charge in [-0.1, -0.05) is 0 Å². The first kappa shape index (κ1) is 11.8. The van der Waals surface area contributed by atoms with Crippen LogP contribution in [0.5, 0.6) is 0 Å². The van der Waals surface area contributed by atoms with Crippen LogP contribution in [-0.4, -0.2) is 17.0 Å². The Kier molecular flexibility index (Phi) is 5.19. The largest absolute Gasteiger partial charge is 0.481 e. The van der Waals surface area contributed by atoms with Crippen molar-refractivity contribution in [2.24, 2.45) is 5.41 Å². The van der Waals surface area contributed by atoms with Gasteiger partial charge in [0.25, 0.3) is 0 Å². The van der Waals surface area contributed by atoms with E-state index >= 15 is 0 Å². The lowest BCUT2D eigenvalue weighted by atomic mass is 9.97. The molecule has 0 aliphatic carbocycles. The third kappa shape index (κ3) is 3.60. The van der Waals surface area contributed by atoms with Gasteiger partial charge in [-0.15, -0.1) is 24.0 Å². The molecule has 1 N–H and O–H groups in total. The molecule has 0 fully saturated rings. The molecule has 0 spiro atoms. The quantitative estimate of drug-likeness (QED) is 0.646. The molecule has 9 heavy (non-hydrogen) atoms. The molecule has 0 heterocycles. The molecule has 0 radical (unpaired) electrons. The minimum absolute atomic E-state index is 0. The van der Waals surface area contributed by atoms with E-state index < -0.39 is 11.4 Å². The minimum atomic E-state index is -0.854. The van der Waals surface area contributed by atoms with Gasteiger partial charge >= 0.3 is 5.97 Å². The fourth-order valence-corrected chi connectivity index (χ4v) is 0.171. The van der Waals surface area contributed by atoms with E-state index in [1.54, 1.807) is 13.8 Å². The average Bonchev–Trinajstić information content (AvgIpc) is 1.67. The van der Waals surface area contributed by atoms with Gasteiger partial charge < -0.3 is 5.11 Å². The highest BCUT2D eigenvalue weighted by molar-refractivity contribution is 6.19. The van der Waals surface area contributed by atoms with Crippen molar-refractivity contribution in [3.05, 3.63) is 0 Å². The fraction of sp³-hybridized carbons (Fsp3) is 0.800. The predicted molar refractivity (Wildman–Crippen MR) is 39.4 cm³/mol. The summed E-state index contributed by atoms with van der Waals surface area (Å²) in [6.07, 6.45) is 0. The zero-order valence-corrected chi connectivity index (χ0v) is 6.92. The summed E-state index contributed by atoms with van der Waals surface area (Å²) in [6.45, 7) is 3.17. The Morgan fingerprint density at radius 2 is 2.00 bits per heavy atom. The summed E-state index contributed by atoms with van der Waals surface area (Å²) >= 11 is 5.31. The molecule has 0 saturated heterocycles. The van der Waals surface area contributed by atoms with Crippen molar-refractivity contribution in [1.82, 2.24) is 0 Å². The van der Waals surface area contributed by atoms with Crippen LogP contribution in [0.15, 0.2) is 0 Å². The summed E-state index contributed by atoms with van der Waals surface area (Å²) < 4.78 is 0. The highest BCUT2D eigenvalue weighted by Crippen LogP contribution is 2.15. The number of carbonyl (C=O) groups is 1. The molecule has 0 aromatic heterocycles. The van der Waals surface area contributed by atoms with Crippen molar-refractivity contribution < 1.29 is 9.90 Å². The third-order valence-corrected chi connectivity index (χ3v) is 1.58. The van der Waals surface area contributed by atoms with E-state index in [2.05, 4.69) is 0 Å². The van der Waals surface area contributed by atoms with Crippen molar-refractivity contribution >= 4 is 30.0 Å². The second kappa shape index (κ2) is 3.96. The van der Waals surface area contributed by atoms with Gasteiger partial charge in [-0.2, -0.15) is 0 Å². The topological polar surface area (TPSA) is 37.3 Å². The molecule has 0 saturated carbocycles. The third-order valence-electron chi connectivity index (χ3n) is 0.913. The second-order valence-electron chi connectivity index (χ2n) is 2.32. The van der Waals surface area contributed by atoms with Crippen LogP contribution in [0.3, 0.4) is 0 Å². The van der Waals surface area contributed by atoms with Gasteiger partial charge in [0, 0.05) is 5.88 Å². The Bertz CT molecular complexity index is 101. The first-order valence-corrected chi connectivity index (χ1v) is 2.83. The molecule has 0 amide bonds. The minimum Gasteiger partial charge on any atom is -0.481 e. The number of halogens is 2. The number of carboxylic acids is 1. The van der Waals surface area contributed by atoms with E-state index in [0.717, 1.165) is 0 Å². The van der Waals surface area contributed by atoms with Crippen LogP contribution < -0.4 is 0 Å². The van der Waals surface area contributed by atoms with Crippen LogP contribution in [0.2, 0.25) is 0 Å². The van der Waals surface area contributed by atoms with E-state index in [0.29, 0.717) is 0 Å². The van der Waals surface area contributed by atoms with Gasteiger partial charge in [0.1, 0.15) is 0 Å². The number of rotatable bonds is 2. The Morgan fingerprint density at radius 3 is 2.00 bits per heavy atom. The maximum Gasteiger partial charge on any atom is 0.310 e. The lowest BCUT2D eigenvalue weighted by molar-refractivity contribution is -0.145. The van der Waals surface area contributed by atoms with Gasteiger partial charge in [-0.3, -0.25) is 4.79 Å². The number of hydrogen-bond donors (Lipinski definition) is 1. The van der Waals surface area contributed by atoms with Crippen LogP contribution in [0.25, 0.3) is 0 Å². The molecule has 0 atom stereocenters. The Labute approximate surface area is 65.6 Å².